The number of hydrogen-bond donors (Lipinski definition) is 1. The fourth-order valence-electron chi connectivity index (χ4n) is 1.54. The molecule has 0 fully saturated rings. The molecule has 0 amide bonds. The highest BCUT2D eigenvalue weighted by Crippen LogP contribution is 2.21. The summed E-state index contributed by atoms with van der Waals surface area (Å²) in [5, 5.41) is 3.26. The van der Waals surface area contributed by atoms with Gasteiger partial charge in [-0.2, -0.15) is 0 Å². The van der Waals surface area contributed by atoms with Crippen LogP contribution < -0.4 is 10.1 Å². The van der Waals surface area contributed by atoms with Crippen LogP contribution in [0.2, 0.25) is 0 Å². The molecule has 0 bridgehead atoms. The molecule has 2 rings (SSSR count). The molecule has 0 unspecified atom stereocenters. The predicted octanol–water partition coefficient (Wildman–Crippen LogP) is 2.88. The molecule has 0 saturated carbocycles. The van der Waals surface area contributed by atoms with Crippen molar-refractivity contribution < 1.29 is 4.74 Å². The molecule has 0 aliphatic heterocycles. The molecule has 0 radical (unpaired) electrons. The number of pyridine rings is 2. The van der Waals surface area contributed by atoms with Gasteiger partial charge in [-0.15, -0.1) is 0 Å². The molecule has 2 heterocycles. The normalized spacial score (nSPS) is 10.1. The molecule has 4 heteroatoms. The van der Waals surface area contributed by atoms with Crippen LogP contribution in [0.3, 0.4) is 0 Å². The van der Waals surface area contributed by atoms with Crippen LogP contribution in [-0.4, -0.2) is 16.6 Å². The van der Waals surface area contributed by atoms with Gasteiger partial charge in [-0.3, -0.25) is 4.98 Å². The van der Waals surface area contributed by atoms with Gasteiger partial charge in [-0.25, -0.2) is 4.98 Å². The van der Waals surface area contributed by atoms with E-state index in [2.05, 4.69) is 22.2 Å². The Balaban J connectivity index is 2.00. The minimum absolute atomic E-state index is 0.688. The summed E-state index contributed by atoms with van der Waals surface area (Å²) in [5.41, 5.74) is 1.12. The topological polar surface area (TPSA) is 47.0 Å². The fourth-order valence-corrected chi connectivity index (χ4v) is 1.54. The standard InChI is InChI=1S/C14H17N3O/c1-2-9-18-13-6-4-8-16-14(13)17-11-12-5-3-7-15-10-12/h3-8,10H,2,9,11H2,1H3,(H,16,17). The Morgan fingerprint density at radius 1 is 1.22 bits per heavy atom. The molecule has 18 heavy (non-hydrogen) atoms. The van der Waals surface area contributed by atoms with Crippen molar-refractivity contribution in [1.29, 1.82) is 0 Å². The van der Waals surface area contributed by atoms with E-state index in [1.54, 1.807) is 12.4 Å². The summed E-state index contributed by atoms with van der Waals surface area (Å²) >= 11 is 0. The first-order valence-electron chi connectivity index (χ1n) is 6.10. The number of nitrogens with zero attached hydrogens (tertiary/aromatic N) is 2. The second-order valence-electron chi connectivity index (χ2n) is 3.91. The Kier molecular flexibility index (Phi) is 4.53. The smallest absolute Gasteiger partial charge is 0.169 e. The molecule has 1 N–H and O–H groups in total. The molecule has 2 aromatic heterocycles. The Morgan fingerprint density at radius 2 is 2.11 bits per heavy atom. The zero-order valence-corrected chi connectivity index (χ0v) is 10.5. The van der Waals surface area contributed by atoms with Gasteiger partial charge in [0.1, 0.15) is 0 Å². The highest BCUT2D eigenvalue weighted by molar-refractivity contribution is 5.49. The van der Waals surface area contributed by atoms with Crippen LogP contribution in [0, 0.1) is 0 Å². The van der Waals surface area contributed by atoms with E-state index in [9.17, 15) is 0 Å². The van der Waals surface area contributed by atoms with Crippen molar-refractivity contribution in [1.82, 2.24) is 9.97 Å². The first-order chi connectivity index (χ1) is 8.90. The van der Waals surface area contributed by atoms with Gasteiger partial charge in [0.05, 0.1) is 6.61 Å². The molecular weight excluding hydrogens is 226 g/mol. The Labute approximate surface area is 107 Å². The maximum Gasteiger partial charge on any atom is 0.169 e. The van der Waals surface area contributed by atoms with Gasteiger partial charge in [0.2, 0.25) is 0 Å². The molecule has 0 atom stereocenters. The monoisotopic (exact) mass is 243 g/mol. The maximum atomic E-state index is 5.63. The lowest BCUT2D eigenvalue weighted by atomic mass is 10.3. The van der Waals surface area contributed by atoms with Gasteiger partial charge in [-0.1, -0.05) is 13.0 Å². The third kappa shape index (κ3) is 3.45. The molecular formula is C14H17N3O. The second-order valence-corrected chi connectivity index (χ2v) is 3.91. The van der Waals surface area contributed by atoms with Crippen LogP contribution in [0.1, 0.15) is 18.9 Å². The number of hydrogen-bond acceptors (Lipinski definition) is 4. The minimum atomic E-state index is 0.688. The van der Waals surface area contributed by atoms with Crippen molar-refractivity contribution in [3.63, 3.8) is 0 Å². The van der Waals surface area contributed by atoms with Crippen LogP contribution in [0.25, 0.3) is 0 Å². The molecule has 0 aliphatic rings. The molecule has 0 saturated heterocycles. The van der Waals surface area contributed by atoms with Crippen molar-refractivity contribution in [2.24, 2.45) is 0 Å². The minimum Gasteiger partial charge on any atom is -0.490 e. The summed E-state index contributed by atoms with van der Waals surface area (Å²) in [6.45, 7) is 3.47. The van der Waals surface area contributed by atoms with E-state index < -0.39 is 0 Å². The molecule has 94 valence electrons. The van der Waals surface area contributed by atoms with Gasteiger partial charge < -0.3 is 10.1 Å². The van der Waals surface area contributed by atoms with Crippen LogP contribution in [-0.2, 0) is 6.54 Å². The Morgan fingerprint density at radius 3 is 2.89 bits per heavy atom. The van der Waals surface area contributed by atoms with E-state index in [0.29, 0.717) is 13.2 Å². The zero-order valence-electron chi connectivity index (χ0n) is 10.5. The second kappa shape index (κ2) is 6.59. The third-order valence-electron chi connectivity index (χ3n) is 2.42. The average molecular weight is 243 g/mol. The number of ether oxygens (including phenoxy) is 1. The lowest BCUT2D eigenvalue weighted by Gasteiger charge is -2.11. The number of nitrogens with one attached hydrogen (secondary N) is 1. The van der Waals surface area contributed by atoms with Crippen molar-refractivity contribution in [3.05, 3.63) is 48.4 Å². The van der Waals surface area contributed by atoms with Crippen molar-refractivity contribution >= 4 is 5.82 Å². The third-order valence-corrected chi connectivity index (χ3v) is 2.42. The summed E-state index contributed by atoms with van der Waals surface area (Å²) < 4.78 is 5.63. The zero-order chi connectivity index (χ0) is 12.6. The molecule has 0 aromatic carbocycles. The summed E-state index contributed by atoms with van der Waals surface area (Å²) in [6.07, 6.45) is 6.34. The van der Waals surface area contributed by atoms with E-state index in [1.807, 2.05) is 30.5 Å². The van der Waals surface area contributed by atoms with Gasteiger partial charge in [-0.05, 0) is 30.2 Å². The van der Waals surface area contributed by atoms with Gasteiger partial charge in [0.25, 0.3) is 0 Å². The van der Waals surface area contributed by atoms with E-state index in [0.717, 1.165) is 23.6 Å². The van der Waals surface area contributed by atoms with Crippen LogP contribution in [0.4, 0.5) is 5.82 Å². The average Bonchev–Trinajstić information content (AvgIpc) is 2.45. The van der Waals surface area contributed by atoms with E-state index >= 15 is 0 Å². The largest absolute Gasteiger partial charge is 0.490 e. The molecule has 2 aromatic rings. The number of rotatable bonds is 6. The van der Waals surface area contributed by atoms with Crippen LogP contribution in [0.15, 0.2) is 42.9 Å². The summed E-state index contributed by atoms with van der Waals surface area (Å²) in [5.74, 6) is 1.57. The molecule has 4 nitrogen and oxygen atoms in total. The molecule has 0 spiro atoms. The van der Waals surface area contributed by atoms with Crippen LogP contribution >= 0.6 is 0 Å². The SMILES string of the molecule is CCCOc1cccnc1NCc1cccnc1. The van der Waals surface area contributed by atoms with Crippen molar-refractivity contribution in [2.75, 3.05) is 11.9 Å². The van der Waals surface area contributed by atoms with E-state index in [1.165, 1.54) is 0 Å². The highest BCUT2D eigenvalue weighted by Gasteiger charge is 2.03. The lowest BCUT2D eigenvalue weighted by molar-refractivity contribution is 0.318. The summed E-state index contributed by atoms with van der Waals surface area (Å²) in [6, 6.07) is 7.74. The first kappa shape index (κ1) is 12.4. The molecule has 0 aliphatic carbocycles. The Hall–Kier alpha value is -2.10. The van der Waals surface area contributed by atoms with Crippen molar-refractivity contribution in [2.45, 2.75) is 19.9 Å². The summed E-state index contributed by atoms with van der Waals surface area (Å²) in [4.78, 5) is 8.37. The van der Waals surface area contributed by atoms with E-state index in [-0.39, 0.29) is 0 Å². The predicted molar refractivity (Wildman–Crippen MR) is 71.6 cm³/mol. The first-order valence-corrected chi connectivity index (χ1v) is 6.10. The number of anilines is 1. The van der Waals surface area contributed by atoms with Crippen molar-refractivity contribution in [3.8, 4) is 5.75 Å². The van der Waals surface area contributed by atoms with Gasteiger partial charge in [0, 0.05) is 25.1 Å². The quantitative estimate of drug-likeness (QED) is 0.847. The maximum absolute atomic E-state index is 5.63. The highest BCUT2D eigenvalue weighted by atomic mass is 16.5. The van der Waals surface area contributed by atoms with Gasteiger partial charge >= 0.3 is 0 Å². The summed E-state index contributed by atoms with van der Waals surface area (Å²) in [7, 11) is 0. The lowest BCUT2D eigenvalue weighted by Crippen LogP contribution is -2.05. The van der Waals surface area contributed by atoms with E-state index in [4.69, 9.17) is 4.74 Å². The Bertz CT molecular complexity index is 473. The van der Waals surface area contributed by atoms with Gasteiger partial charge in [0.15, 0.2) is 11.6 Å². The fraction of sp³-hybridized carbons (Fsp3) is 0.286. The van der Waals surface area contributed by atoms with Crippen LogP contribution in [0.5, 0.6) is 5.75 Å². The number of aromatic nitrogens is 2.